The summed E-state index contributed by atoms with van der Waals surface area (Å²) in [6, 6.07) is 6.16. The highest BCUT2D eigenvalue weighted by Crippen LogP contribution is 2.14. The largest absolute Gasteiger partial charge is 0.316 e. The van der Waals surface area contributed by atoms with Gasteiger partial charge in [-0.05, 0) is 50.4 Å². The van der Waals surface area contributed by atoms with Gasteiger partial charge in [-0.15, -0.1) is 0 Å². The number of pyridine rings is 1. The molecule has 0 radical (unpaired) electrons. The van der Waals surface area contributed by atoms with E-state index in [0.29, 0.717) is 0 Å². The van der Waals surface area contributed by atoms with Crippen LogP contribution in [-0.2, 0) is 6.42 Å². The highest BCUT2D eigenvalue weighted by Gasteiger charge is 2.13. The van der Waals surface area contributed by atoms with Crippen molar-refractivity contribution in [3.63, 3.8) is 0 Å². The van der Waals surface area contributed by atoms with Crippen LogP contribution in [0.15, 0.2) is 24.4 Å². The van der Waals surface area contributed by atoms with Crippen molar-refractivity contribution in [1.82, 2.24) is 10.3 Å². The predicted molar refractivity (Wildman–Crippen MR) is 53.5 cm³/mol. The van der Waals surface area contributed by atoms with Gasteiger partial charge < -0.3 is 5.32 Å². The molecule has 0 saturated carbocycles. The van der Waals surface area contributed by atoms with E-state index in [4.69, 9.17) is 0 Å². The summed E-state index contributed by atoms with van der Waals surface area (Å²) in [4.78, 5) is 4.35. The molecule has 1 atom stereocenters. The molecule has 1 aliphatic heterocycles. The summed E-state index contributed by atoms with van der Waals surface area (Å²) in [5.74, 6) is 0.795. The van der Waals surface area contributed by atoms with Crippen molar-refractivity contribution in [3.05, 3.63) is 30.1 Å². The van der Waals surface area contributed by atoms with Gasteiger partial charge in [-0.3, -0.25) is 4.98 Å². The zero-order valence-electron chi connectivity index (χ0n) is 7.87. The van der Waals surface area contributed by atoms with E-state index >= 15 is 0 Å². The van der Waals surface area contributed by atoms with Gasteiger partial charge in [-0.2, -0.15) is 0 Å². The lowest BCUT2D eigenvalue weighted by molar-refractivity contribution is 0.373. The Kier molecular flexibility index (Phi) is 2.93. The minimum Gasteiger partial charge on any atom is -0.316 e. The van der Waals surface area contributed by atoms with Crippen LogP contribution in [0.1, 0.15) is 18.5 Å². The molecule has 1 aliphatic rings. The molecule has 70 valence electrons. The van der Waals surface area contributed by atoms with Crippen molar-refractivity contribution in [2.45, 2.75) is 19.3 Å². The van der Waals surface area contributed by atoms with Gasteiger partial charge in [-0.1, -0.05) is 6.07 Å². The van der Waals surface area contributed by atoms with Crippen LogP contribution in [0, 0.1) is 5.92 Å². The minimum atomic E-state index is 0.795. The van der Waals surface area contributed by atoms with Gasteiger partial charge >= 0.3 is 0 Å². The van der Waals surface area contributed by atoms with Gasteiger partial charge in [0, 0.05) is 11.9 Å². The molecule has 0 bridgehead atoms. The molecule has 0 spiro atoms. The first-order valence-corrected chi connectivity index (χ1v) is 5.06. The van der Waals surface area contributed by atoms with Crippen LogP contribution in [0.25, 0.3) is 0 Å². The maximum Gasteiger partial charge on any atom is 0.0406 e. The van der Waals surface area contributed by atoms with E-state index in [2.05, 4.69) is 22.4 Å². The Hall–Kier alpha value is -0.890. The van der Waals surface area contributed by atoms with Crippen LogP contribution < -0.4 is 5.32 Å². The second kappa shape index (κ2) is 4.38. The zero-order chi connectivity index (χ0) is 8.93. The molecule has 2 rings (SSSR count). The summed E-state index contributed by atoms with van der Waals surface area (Å²) >= 11 is 0. The lowest BCUT2D eigenvalue weighted by Gasteiger charge is -2.22. The third-order valence-electron chi connectivity index (χ3n) is 2.62. The first kappa shape index (κ1) is 8.70. The molecule has 1 aromatic rings. The molecule has 1 N–H and O–H groups in total. The highest BCUT2D eigenvalue weighted by molar-refractivity contribution is 5.04. The van der Waals surface area contributed by atoms with Crippen molar-refractivity contribution < 1.29 is 0 Å². The maximum atomic E-state index is 4.35. The summed E-state index contributed by atoms with van der Waals surface area (Å²) in [7, 11) is 0. The number of piperidine rings is 1. The number of hydrogen-bond acceptors (Lipinski definition) is 2. The van der Waals surface area contributed by atoms with Gasteiger partial charge in [-0.25, -0.2) is 0 Å². The monoisotopic (exact) mass is 176 g/mol. The first-order chi connectivity index (χ1) is 6.45. The summed E-state index contributed by atoms with van der Waals surface area (Å²) < 4.78 is 0. The molecule has 0 unspecified atom stereocenters. The fourth-order valence-electron chi connectivity index (χ4n) is 1.91. The average Bonchev–Trinajstić information content (AvgIpc) is 2.21. The van der Waals surface area contributed by atoms with Crippen LogP contribution in [0.5, 0.6) is 0 Å². The van der Waals surface area contributed by atoms with Crippen LogP contribution in [0.4, 0.5) is 0 Å². The SMILES string of the molecule is c1ccc(C[C@H]2CCCNC2)nc1. The minimum absolute atomic E-state index is 0.795. The Labute approximate surface area is 79.4 Å². The van der Waals surface area contributed by atoms with Crippen molar-refractivity contribution in [2.24, 2.45) is 5.92 Å². The normalized spacial score (nSPS) is 22.9. The summed E-state index contributed by atoms with van der Waals surface area (Å²) in [6.07, 6.45) is 5.68. The molecule has 1 saturated heterocycles. The smallest absolute Gasteiger partial charge is 0.0406 e. The predicted octanol–water partition coefficient (Wildman–Crippen LogP) is 1.62. The fraction of sp³-hybridized carbons (Fsp3) is 0.545. The average molecular weight is 176 g/mol. The van der Waals surface area contributed by atoms with Gasteiger partial charge in [0.2, 0.25) is 0 Å². The fourth-order valence-corrected chi connectivity index (χ4v) is 1.91. The van der Waals surface area contributed by atoms with Gasteiger partial charge in [0.1, 0.15) is 0 Å². The Morgan fingerprint density at radius 2 is 2.46 bits per heavy atom. The number of nitrogens with zero attached hydrogens (tertiary/aromatic N) is 1. The van der Waals surface area contributed by atoms with Crippen LogP contribution in [-0.4, -0.2) is 18.1 Å². The molecule has 1 aromatic heterocycles. The number of aromatic nitrogens is 1. The van der Waals surface area contributed by atoms with E-state index in [-0.39, 0.29) is 0 Å². The second-order valence-electron chi connectivity index (χ2n) is 3.74. The van der Waals surface area contributed by atoms with Gasteiger partial charge in [0.25, 0.3) is 0 Å². The van der Waals surface area contributed by atoms with Crippen molar-refractivity contribution in [3.8, 4) is 0 Å². The summed E-state index contributed by atoms with van der Waals surface area (Å²) in [5.41, 5.74) is 1.23. The first-order valence-electron chi connectivity index (χ1n) is 5.06. The van der Waals surface area contributed by atoms with E-state index < -0.39 is 0 Å². The number of rotatable bonds is 2. The summed E-state index contributed by atoms with van der Waals surface area (Å²) in [5, 5.41) is 3.43. The van der Waals surface area contributed by atoms with E-state index in [0.717, 1.165) is 18.9 Å². The molecule has 2 nitrogen and oxygen atoms in total. The highest BCUT2D eigenvalue weighted by atomic mass is 14.9. The molecule has 0 aliphatic carbocycles. The second-order valence-corrected chi connectivity index (χ2v) is 3.74. The van der Waals surface area contributed by atoms with Gasteiger partial charge in [0.15, 0.2) is 0 Å². The van der Waals surface area contributed by atoms with Crippen molar-refractivity contribution in [2.75, 3.05) is 13.1 Å². The van der Waals surface area contributed by atoms with E-state index in [1.165, 1.54) is 25.1 Å². The number of nitrogens with one attached hydrogen (secondary N) is 1. The molecule has 2 heterocycles. The molecular weight excluding hydrogens is 160 g/mol. The van der Waals surface area contributed by atoms with Crippen LogP contribution in [0.3, 0.4) is 0 Å². The lowest BCUT2D eigenvalue weighted by atomic mass is 9.94. The maximum absolute atomic E-state index is 4.35. The Bertz CT molecular complexity index is 240. The third kappa shape index (κ3) is 2.52. The molecule has 2 heteroatoms. The Morgan fingerprint density at radius 3 is 3.15 bits per heavy atom. The molecule has 0 amide bonds. The van der Waals surface area contributed by atoms with E-state index in [9.17, 15) is 0 Å². The van der Waals surface area contributed by atoms with Crippen LogP contribution in [0.2, 0.25) is 0 Å². The Morgan fingerprint density at radius 1 is 1.46 bits per heavy atom. The third-order valence-corrected chi connectivity index (χ3v) is 2.62. The standard InChI is InChI=1S/C11H16N2/c1-2-7-13-11(5-1)8-10-4-3-6-12-9-10/h1-2,5,7,10,12H,3-4,6,8-9H2/t10-/m1/s1. The zero-order valence-corrected chi connectivity index (χ0v) is 7.87. The van der Waals surface area contributed by atoms with Crippen molar-refractivity contribution >= 4 is 0 Å². The van der Waals surface area contributed by atoms with E-state index in [1.54, 1.807) is 0 Å². The quantitative estimate of drug-likeness (QED) is 0.740. The summed E-state index contributed by atoms with van der Waals surface area (Å²) in [6.45, 7) is 2.36. The van der Waals surface area contributed by atoms with Gasteiger partial charge in [0.05, 0.1) is 0 Å². The Balaban J connectivity index is 1.90. The van der Waals surface area contributed by atoms with Crippen molar-refractivity contribution in [1.29, 1.82) is 0 Å². The molecule has 1 fully saturated rings. The molecular formula is C11H16N2. The number of hydrogen-bond donors (Lipinski definition) is 1. The molecule has 0 aromatic carbocycles. The molecule has 13 heavy (non-hydrogen) atoms. The lowest BCUT2D eigenvalue weighted by Crippen LogP contribution is -2.30. The topological polar surface area (TPSA) is 24.9 Å². The van der Waals surface area contributed by atoms with E-state index in [1.807, 2.05) is 12.3 Å². The van der Waals surface area contributed by atoms with Crippen LogP contribution >= 0.6 is 0 Å².